The number of hydrogen-bond acceptors (Lipinski definition) is 8. The van der Waals surface area contributed by atoms with E-state index in [2.05, 4.69) is 20.2 Å². The monoisotopic (exact) mass is 571 g/mol. The van der Waals surface area contributed by atoms with Crippen LogP contribution in [-0.2, 0) is 14.6 Å². The Labute approximate surface area is 240 Å². The van der Waals surface area contributed by atoms with Crippen LogP contribution in [0.1, 0.15) is 17.3 Å². The highest BCUT2D eigenvalue weighted by Crippen LogP contribution is 2.25. The van der Waals surface area contributed by atoms with E-state index in [1.807, 2.05) is 36.1 Å². The van der Waals surface area contributed by atoms with Gasteiger partial charge in [-0.2, -0.15) is 0 Å². The van der Waals surface area contributed by atoms with Crippen molar-refractivity contribution in [2.75, 3.05) is 51.3 Å². The number of aromatic nitrogens is 2. The number of benzene rings is 3. The van der Waals surface area contributed by atoms with Gasteiger partial charge in [-0.25, -0.2) is 18.4 Å². The van der Waals surface area contributed by atoms with Gasteiger partial charge in [-0.15, -0.1) is 0 Å². The van der Waals surface area contributed by atoms with Crippen molar-refractivity contribution in [3.63, 3.8) is 0 Å². The van der Waals surface area contributed by atoms with Crippen LogP contribution in [0.5, 0.6) is 0 Å². The third-order valence-electron chi connectivity index (χ3n) is 6.97. The van der Waals surface area contributed by atoms with Gasteiger partial charge in [-0.1, -0.05) is 30.3 Å². The van der Waals surface area contributed by atoms with E-state index in [-0.39, 0.29) is 15.7 Å². The van der Waals surface area contributed by atoms with E-state index in [1.54, 1.807) is 66.9 Å². The first kappa shape index (κ1) is 28.4. The second kappa shape index (κ2) is 13.0. The number of piperazine rings is 1. The fourth-order valence-electron chi connectivity index (χ4n) is 4.64. The number of amides is 1. The van der Waals surface area contributed by atoms with Crippen molar-refractivity contribution >= 4 is 27.4 Å². The molecular weight excluding hydrogens is 538 g/mol. The Morgan fingerprint density at radius 2 is 1.56 bits per heavy atom. The van der Waals surface area contributed by atoms with Crippen molar-refractivity contribution in [1.82, 2.24) is 19.8 Å². The average molecular weight is 572 g/mol. The zero-order chi connectivity index (χ0) is 28.7. The molecule has 212 valence electrons. The lowest BCUT2D eigenvalue weighted by molar-refractivity contribution is 0.0565. The first-order chi connectivity index (χ1) is 19.9. The molecule has 3 aromatic carbocycles. The standard InChI is InChI=1S/C31H33N5O4S/c1-2-40-23-22-35-18-20-36(21-19-35)30(37)25-8-12-26(13-9-25)33-31-32-17-16-29(34-31)24-10-14-28(15-11-24)41(38,39)27-6-4-3-5-7-27/h3-17H,2,18-23H2,1H3,(H,32,33,34). The van der Waals surface area contributed by atoms with Crippen molar-refractivity contribution in [1.29, 1.82) is 0 Å². The maximum atomic E-state index is 13.0. The largest absolute Gasteiger partial charge is 0.380 e. The molecule has 0 spiro atoms. The van der Waals surface area contributed by atoms with E-state index in [0.717, 1.165) is 44.1 Å². The van der Waals surface area contributed by atoms with E-state index >= 15 is 0 Å². The van der Waals surface area contributed by atoms with Crippen LogP contribution in [-0.4, -0.2) is 80.0 Å². The molecule has 1 fully saturated rings. The third-order valence-corrected chi connectivity index (χ3v) is 8.76. The molecule has 2 heterocycles. The van der Waals surface area contributed by atoms with Crippen LogP contribution in [0.4, 0.5) is 11.6 Å². The fraction of sp³-hybridized carbons (Fsp3) is 0.258. The highest BCUT2D eigenvalue weighted by atomic mass is 32.2. The predicted molar refractivity (Wildman–Crippen MR) is 158 cm³/mol. The van der Waals surface area contributed by atoms with E-state index in [1.165, 1.54) is 0 Å². The minimum atomic E-state index is -3.59. The maximum absolute atomic E-state index is 13.0. The van der Waals surface area contributed by atoms with Crippen LogP contribution in [0.2, 0.25) is 0 Å². The van der Waals surface area contributed by atoms with Gasteiger partial charge in [0.15, 0.2) is 0 Å². The summed E-state index contributed by atoms with van der Waals surface area (Å²) in [5.41, 5.74) is 2.81. The molecule has 0 radical (unpaired) electrons. The van der Waals surface area contributed by atoms with Gasteiger partial charge in [0.1, 0.15) is 0 Å². The SMILES string of the molecule is CCOCCN1CCN(C(=O)c2ccc(Nc3nccc(-c4ccc(S(=O)(=O)c5ccccc5)cc4)n3)cc2)CC1. The van der Waals surface area contributed by atoms with Gasteiger partial charge >= 0.3 is 0 Å². The van der Waals surface area contributed by atoms with E-state index in [0.29, 0.717) is 30.3 Å². The summed E-state index contributed by atoms with van der Waals surface area (Å²) < 4.78 is 31.2. The Hall–Kier alpha value is -4.12. The van der Waals surface area contributed by atoms with E-state index < -0.39 is 9.84 Å². The summed E-state index contributed by atoms with van der Waals surface area (Å²) in [5, 5.41) is 3.19. The molecule has 0 unspecified atom stereocenters. The second-order valence-electron chi connectivity index (χ2n) is 9.64. The number of anilines is 2. The molecule has 1 aliphatic heterocycles. The summed E-state index contributed by atoms with van der Waals surface area (Å²) in [4.78, 5) is 26.6. The predicted octanol–water partition coefficient (Wildman–Crippen LogP) is 4.51. The number of ether oxygens (including phenoxy) is 1. The van der Waals surface area contributed by atoms with Crippen LogP contribution in [0.3, 0.4) is 0 Å². The average Bonchev–Trinajstić information content (AvgIpc) is 3.02. The minimum absolute atomic E-state index is 0.0250. The topological polar surface area (TPSA) is 105 Å². The highest BCUT2D eigenvalue weighted by Gasteiger charge is 2.22. The molecule has 4 aromatic rings. The molecule has 1 saturated heterocycles. The zero-order valence-electron chi connectivity index (χ0n) is 22.9. The van der Waals surface area contributed by atoms with Gasteiger partial charge in [0.05, 0.1) is 22.1 Å². The van der Waals surface area contributed by atoms with Crippen molar-refractivity contribution in [2.24, 2.45) is 0 Å². The molecule has 1 amide bonds. The van der Waals surface area contributed by atoms with Gasteiger partial charge in [0.2, 0.25) is 15.8 Å². The quantitative estimate of drug-likeness (QED) is 0.277. The van der Waals surface area contributed by atoms with Crippen LogP contribution in [0.25, 0.3) is 11.3 Å². The molecule has 41 heavy (non-hydrogen) atoms. The van der Waals surface area contributed by atoms with Crippen molar-refractivity contribution in [3.05, 3.63) is 96.7 Å². The highest BCUT2D eigenvalue weighted by molar-refractivity contribution is 7.91. The van der Waals surface area contributed by atoms with Crippen LogP contribution < -0.4 is 5.32 Å². The van der Waals surface area contributed by atoms with Crippen LogP contribution in [0.15, 0.2) is 101 Å². The summed E-state index contributed by atoms with van der Waals surface area (Å²) in [5.74, 6) is 0.419. The first-order valence-corrected chi connectivity index (χ1v) is 15.1. The Bertz CT molecular complexity index is 1550. The number of nitrogens with one attached hydrogen (secondary N) is 1. The van der Waals surface area contributed by atoms with E-state index in [4.69, 9.17) is 4.74 Å². The lowest BCUT2D eigenvalue weighted by Crippen LogP contribution is -2.49. The Morgan fingerprint density at radius 3 is 2.24 bits per heavy atom. The lowest BCUT2D eigenvalue weighted by Gasteiger charge is -2.34. The van der Waals surface area contributed by atoms with Crippen molar-refractivity contribution in [3.8, 4) is 11.3 Å². The Kier molecular flexibility index (Phi) is 9.03. The van der Waals surface area contributed by atoms with Gasteiger partial charge < -0.3 is 15.0 Å². The molecule has 10 heteroatoms. The normalized spacial score (nSPS) is 14.1. The Morgan fingerprint density at radius 1 is 0.878 bits per heavy atom. The van der Waals surface area contributed by atoms with Gasteiger partial charge in [-0.05, 0) is 61.5 Å². The second-order valence-corrected chi connectivity index (χ2v) is 11.6. The molecule has 9 nitrogen and oxygen atoms in total. The van der Waals surface area contributed by atoms with E-state index in [9.17, 15) is 13.2 Å². The zero-order valence-corrected chi connectivity index (χ0v) is 23.8. The summed E-state index contributed by atoms with van der Waals surface area (Å²) >= 11 is 0. The molecule has 0 bridgehead atoms. The molecule has 0 aliphatic carbocycles. The first-order valence-electron chi connectivity index (χ1n) is 13.6. The van der Waals surface area contributed by atoms with Gasteiger partial charge in [0, 0.05) is 62.3 Å². The summed E-state index contributed by atoms with van der Waals surface area (Å²) in [7, 11) is -3.59. The van der Waals surface area contributed by atoms with Crippen LogP contribution >= 0.6 is 0 Å². The Balaban J connectivity index is 1.20. The number of nitrogens with zero attached hydrogens (tertiary/aromatic N) is 4. The molecular formula is C31H33N5O4S. The molecule has 0 saturated carbocycles. The smallest absolute Gasteiger partial charge is 0.253 e. The fourth-order valence-corrected chi connectivity index (χ4v) is 5.92. The number of carbonyl (C=O) groups excluding carboxylic acids is 1. The molecule has 5 rings (SSSR count). The number of rotatable bonds is 10. The third kappa shape index (κ3) is 6.97. The lowest BCUT2D eigenvalue weighted by atomic mass is 10.1. The summed E-state index contributed by atoms with van der Waals surface area (Å²) in [6.07, 6.45) is 1.64. The summed E-state index contributed by atoms with van der Waals surface area (Å²) in [6.45, 7) is 7.41. The van der Waals surface area contributed by atoms with Crippen LogP contribution in [0, 0.1) is 0 Å². The number of sulfone groups is 1. The molecule has 0 atom stereocenters. The van der Waals surface area contributed by atoms with Crippen molar-refractivity contribution in [2.45, 2.75) is 16.7 Å². The van der Waals surface area contributed by atoms with Gasteiger partial charge in [-0.3, -0.25) is 9.69 Å². The molecule has 1 aromatic heterocycles. The number of hydrogen-bond donors (Lipinski definition) is 1. The van der Waals surface area contributed by atoms with Gasteiger partial charge in [0.25, 0.3) is 5.91 Å². The van der Waals surface area contributed by atoms with Crippen molar-refractivity contribution < 1.29 is 17.9 Å². The number of carbonyl (C=O) groups is 1. The molecule has 1 aliphatic rings. The molecule has 1 N–H and O–H groups in total. The maximum Gasteiger partial charge on any atom is 0.253 e. The minimum Gasteiger partial charge on any atom is -0.380 e. The summed E-state index contributed by atoms with van der Waals surface area (Å²) in [6, 6.07) is 24.1.